The summed E-state index contributed by atoms with van der Waals surface area (Å²) in [6, 6.07) is 7.39. The molecule has 2 unspecified atom stereocenters. The average Bonchev–Trinajstić information content (AvgIpc) is 2.38. The van der Waals surface area contributed by atoms with Crippen LogP contribution in [0.15, 0.2) is 24.3 Å². The zero-order chi connectivity index (χ0) is 13.8. The van der Waals surface area contributed by atoms with Gasteiger partial charge in [-0.3, -0.25) is 4.90 Å². The first-order valence-electron chi connectivity index (χ1n) is 6.91. The maximum atomic E-state index is 13.5. The maximum Gasteiger partial charge on any atom is 0.123 e. The molecule has 2 atom stereocenters. The van der Waals surface area contributed by atoms with Crippen LogP contribution in [0.1, 0.15) is 25.5 Å². The maximum absolute atomic E-state index is 13.5. The van der Waals surface area contributed by atoms with E-state index in [0.29, 0.717) is 6.04 Å². The number of hydrogen-bond acceptors (Lipinski definition) is 3. The van der Waals surface area contributed by atoms with Gasteiger partial charge in [0.05, 0.1) is 18.8 Å². The van der Waals surface area contributed by atoms with Crippen LogP contribution in [0.25, 0.3) is 0 Å². The Labute approximate surface area is 114 Å². The predicted molar refractivity (Wildman–Crippen MR) is 74.6 cm³/mol. The highest BCUT2D eigenvalue weighted by Gasteiger charge is 2.34. The van der Waals surface area contributed by atoms with Crippen LogP contribution in [0.3, 0.4) is 0 Å². The molecule has 2 rings (SSSR count). The van der Waals surface area contributed by atoms with Gasteiger partial charge in [0.1, 0.15) is 5.82 Å². The smallest absolute Gasteiger partial charge is 0.123 e. The fourth-order valence-electron chi connectivity index (χ4n) is 2.80. The Bertz CT molecular complexity index is 409. The molecule has 19 heavy (non-hydrogen) atoms. The van der Waals surface area contributed by atoms with Gasteiger partial charge in [0.15, 0.2) is 0 Å². The van der Waals surface area contributed by atoms with Crippen molar-refractivity contribution in [3.8, 4) is 0 Å². The fourth-order valence-corrected chi connectivity index (χ4v) is 2.80. The molecule has 1 aromatic carbocycles. The molecule has 1 aromatic rings. The van der Waals surface area contributed by atoms with Crippen molar-refractivity contribution in [3.05, 3.63) is 35.6 Å². The number of ether oxygens (including phenoxy) is 1. The van der Waals surface area contributed by atoms with Crippen LogP contribution in [0.5, 0.6) is 0 Å². The van der Waals surface area contributed by atoms with Crippen LogP contribution in [0.4, 0.5) is 4.39 Å². The van der Waals surface area contributed by atoms with E-state index in [0.717, 1.165) is 25.3 Å². The van der Waals surface area contributed by atoms with Crippen molar-refractivity contribution in [1.29, 1.82) is 0 Å². The molecule has 106 valence electrons. The summed E-state index contributed by atoms with van der Waals surface area (Å²) in [7, 11) is 1.92. The Morgan fingerprint density at radius 1 is 1.47 bits per heavy atom. The van der Waals surface area contributed by atoms with Gasteiger partial charge in [-0.2, -0.15) is 0 Å². The van der Waals surface area contributed by atoms with E-state index < -0.39 is 0 Å². The summed E-state index contributed by atoms with van der Waals surface area (Å²) in [4.78, 5) is 2.39. The van der Waals surface area contributed by atoms with E-state index in [1.54, 1.807) is 12.1 Å². The number of rotatable bonds is 4. The molecule has 1 heterocycles. The van der Waals surface area contributed by atoms with Crippen molar-refractivity contribution in [2.75, 3.05) is 26.7 Å². The lowest BCUT2D eigenvalue weighted by atomic mass is 9.96. The normalized spacial score (nSPS) is 24.9. The molecule has 0 saturated carbocycles. The number of benzene rings is 1. The minimum Gasteiger partial charge on any atom is -0.374 e. The molecule has 0 bridgehead atoms. The molecule has 1 aliphatic rings. The van der Waals surface area contributed by atoms with Gasteiger partial charge >= 0.3 is 0 Å². The number of nitrogens with one attached hydrogen (secondary N) is 1. The standard InChI is InChI=1S/C15H23FN2O/c1-11(2)18-7-8-19-14(10-17-3)15(18)12-5-4-6-13(16)9-12/h4-6,9,11,14-15,17H,7-8,10H2,1-3H3. The number of halogens is 1. The summed E-state index contributed by atoms with van der Waals surface area (Å²) in [5, 5.41) is 3.17. The van der Waals surface area contributed by atoms with Crippen molar-refractivity contribution >= 4 is 0 Å². The van der Waals surface area contributed by atoms with Crippen molar-refractivity contribution in [2.24, 2.45) is 0 Å². The highest BCUT2D eigenvalue weighted by molar-refractivity contribution is 5.22. The zero-order valence-electron chi connectivity index (χ0n) is 11.9. The monoisotopic (exact) mass is 266 g/mol. The molecule has 1 saturated heterocycles. The van der Waals surface area contributed by atoms with Crippen LogP contribution in [0.2, 0.25) is 0 Å². The van der Waals surface area contributed by atoms with Crippen LogP contribution < -0.4 is 5.32 Å². The second-order valence-corrected chi connectivity index (χ2v) is 5.30. The summed E-state index contributed by atoms with van der Waals surface area (Å²) in [6.07, 6.45) is 0.0583. The first kappa shape index (κ1) is 14.4. The minimum atomic E-state index is -0.185. The Kier molecular flexibility index (Phi) is 4.91. The van der Waals surface area contributed by atoms with Crippen molar-refractivity contribution in [1.82, 2.24) is 10.2 Å². The zero-order valence-corrected chi connectivity index (χ0v) is 11.9. The molecule has 3 nitrogen and oxygen atoms in total. The molecular formula is C15H23FN2O. The fraction of sp³-hybridized carbons (Fsp3) is 0.600. The van der Waals surface area contributed by atoms with Gasteiger partial charge in [0.2, 0.25) is 0 Å². The molecule has 1 aliphatic heterocycles. The van der Waals surface area contributed by atoms with E-state index >= 15 is 0 Å². The van der Waals surface area contributed by atoms with E-state index in [-0.39, 0.29) is 18.0 Å². The molecule has 0 spiro atoms. The van der Waals surface area contributed by atoms with Crippen LogP contribution >= 0.6 is 0 Å². The highest BCUT2D eigenvalue weighted by atomic mass is 19.1. The third-order valence-corrected chi connectivity index (χ3v) is 3.65. The molecule has 0 aromatic heterocycles. The van der Waals surface area contributed by atoms with Crippen molar-refractivity contribution in [3.63, 3.8) is 0 Å². The Hall–Kier alpha value is -0.970. The van der Waals surface area contributed by atoms with E-state index in [9.17, 15) is 4.39 Å². The molecular weight excluding hydrogens is 243 g/mol. The summed E-state index contributed by atoms with van der Waals surface area (Å²) < 4.78 is 19.4. The number of likely N-dealkylation sites (N-methyl/N-ethyl adjacent to an activating group) is 1. The average molecular weight is 266 g/mol. The third kappa shape index (κ3) is 3.32. The van der Waals surface area contributed by atoms with Gasteiger partial charge in [0, 0.05) is 19.1 Å². The lowest BCUT2D eigenvalue weighted by Gasteiger charge is -2.43. The van der Waals surface area contributed by atoms with Gasteiger partial charge < -0.3 is 10.1 Å². The molecule has 1 fully saturated rings. The van der Waals surface area contributed by atoms with Crippen molar-refractivity contribution < 1.29 is 9.13 Å². The van der Waals surface area contributed by atoms with E-state index in [4.69, 9.17) is 4.74 Å². The topological polar surface area (TPSA) is 24.5 Å². The molecule has 1 N–H and O–H groups in total. The van der Waals surface area contributed by atoms with E-state index in [1.165, 1.54) is 6.07 Å². The van der Waals surface area contributed by atoms with Crippen LogP contribution in [0, 0.1) is 5.82 Å². The van der Waals surface area contributed by atoms with Gasteiger partial charge in [-0.1, -0.05) is 12.1 Å². The molecule has 0 radical (unpaired) electrons. The summed E-state index contributed by atoms with van der Waals surface area (Å²) in [6.45, 7) is 6.74. The quantitative estimate of drug-likeness (QED) is 0.904. The van der Waals surface area contributed by atoms with Gasteiger partial charge in [0.25, 0.3) is 0 Å². The molecule has 0 amide bonds. The van der Waals surface area contributed by atoms with Crippen LogP contribution in [-0.2, 0) is 4.74 Å². The Balaban J connectivity index is 2.31. The van der Waals surface area contributed by atoms with Crippen LogP contribution in [-0.4, -0.2) is 43.8 Å². The SMILES string of the molecule is CNCC1OCCN(C(C)C)C1c1cccc(F)c1. The summed E-state index contributed by atoms with van der Waals surface area (Å²) in [5.74, 6) is -0.185. The van der Waals surface area contributed by atoms with Gasteiger partial charge in [-0.05, 0) is 38.6 Å². The first-order chi connectivity index (χ1) is 9.13. The number of nitrogens with zero attached hydrogens (tertiary/aromatic N) is 1. The summed E-state index contributed by atoms with van der Waals surface area (Å²) >= 11 is 0. The van der Waals surface area contributed by atoms with E-state index in [1.807, 2.05) is 13.1 Å². The molecule has 0 aliphatic carbocycles. The lowest BCUT2D eigenvalue weighted by Crippen LogP contribution is -2.51. The van der Waals surface area contributed by atoms with E-state index in [2.05, 4.69) is 24.1 Å². The molecule has 4 heteroatoms. The first-order valence-corrected chi connectivity index (χ1v) is 6.91. The predicted octanol–water partition coefficient (Wildman–Crippen LogP) is 2.20. The number of morpholine rings is 1. The summed E-state index contributed by atoms with van der Waals surface area (Å²) in [5.41, 5.74) is 0.994. The second-order valence-electron chi connectivity index (χ2n) is 5.30. The number of hydrogen-bond donors (Lipinski definition) is 1. The Morgan fingerprint density at radius 2 is 2.26 bits per heavy atom. The minimum absolute atomic E-state index is 0.0583. The lowest BCUT2D eigenvalue weighted by molar-refractivity contribution is -0.0815. The second kappa shape index (κ2) is 6.46. The Morgan fingerprint density at radius 3 is 2.89 bits per heavy atom. The largest absolute Gasteiger partial charge is 0.374 e. The third-order valence-electron chi connectivity index (χ3n) is 3.65. The van der Waals surface area contributed by atoms with Crippen molar-refractivity contribution in [2.45, 2.75) is 32.0 Å². The highest BCUT2D eigenvalue weighted by Crippen LogP contribution is 2.31. The van der Waals surface area contributed by atoms with Gasteiger partial charge in [-0.15, -0.1) is 0 Å². The van der Waals surface area contributed by atoms with Gasteiger partial charge in [-0.25, -0.2) is 4.39 Å².